The molecule has 0 saturated carbocycles. The molecule has 0 heterocycles. The fraction of sp³-hybridized carbons (Fsp3) is 0.316. The van der Waals surface area contributed by atoms with Gasteiger partial charge in [0.2, 0.25) is 5.91 Å². The van der Waals surface area contributed by atoms with Crippen molar-refractivity contribution in [1.82, 2.24) is 5.32 Å². The summed E-state index contributed by atoms with van der Waals surface area (Å²) < 4.78 is 5.24. The Balaban J connectivity index is 1.97. The van der Waals surface area contributed by atoms with Crippen molar-refractivity contribution in [3.05, 3.63) is 60.2 Å². The van der Waals surface area contributed by atoms with Gasteiger partial charge in [-0.1, -0.05) is 56.3 Å². The van der Waals surface area contributed by atoms with Crippen molar-refractivity contribution in [1.29, 1.82) is 0 Å². The van der Waals surface area contributed by atoms with E-state index in [0.717, 1.165) is 0 Å². The number of para-hydroxylation sites is 2. The van der Waals surface area contributed by atoms with E-state index in [1.54, 1.807) is 7.11 Å². The number of benzene rings is 2. The van der Waals surface area contributed by atoms with Crippen LogP contribution in [0.5, 0.6) is 5.75 Å². The summed E-state index contributed by atoms with van der Waals surface area (Å²) in [5.74, 6) is 0.955. The summed E-state index contributed by atoms with van der Waals surface area (Å²) in [5, 5.41) is 6.22. The molecule has 2 N–H and O–H groups in total. The second-order valence-corrected chi connectivity index (χ2v) is 5.76. The number of carbonyl (C=O) groups is 1. The van der Waals surface area contributed by atoms with Gasteiger partial charge in [0, 0.05) is 6.04 Å². The van der Waals surface area contributed by atoms with E-state index in [2.05, 4.69) is 36.6 Å². The van der Waals surface area contributed by atoms with Crippen molar-refractivity contribution in [2.45, 2.75) is 19.9 Å². The van der Waals surface area contributed by atoms with Crippen LogP contribution in [0.4, 0.5) is 5.69 Å². The average molecular weight is 312 g/mol. The van der Waals surface area contributed by atoms with Crippen molar-refractivity contribution in [2.75, 3.05) is 19.0 Å². The summed E-state index contributed by atoms with van der Waals surface area (Å²) in [5.41, 5.74) is 1.87. The number of hydrogen-bond donors (Lipinski definition) is 2. The molecule has 0 radical (unpaired) electrons. The fourth-order valence-electron chi connectivity index (χ4n) is 2.54. The fourth-order valence-corrected chi connectivity index (χ4v) is 2.54. The Morgan fingerprint density at radius 2 is 1.70 bits per heavy atom. The number of hydrogen-bond acceptors (Lipinski definition) is 3. The number of carbonyl (C=O) groups excluding carboxylic acids is 1. The average Bonchev–Trinajstić information content (AvgIpc) is 2.56. The highest BCUT2D eigenvalue weighted by molar-refractivity contribution is 5.93. The molecule has 1 atom stereocenters. The van der Waals surface area contributed by atoms with Crippen LogP contribution in [0.1, 0.15) is 25.5 Å². The molecule has 122 valence electrons. The monoisotopic (exact) mass is 312 g/mol. The van der Waals surface area contributed by atoms with E-state index in [9.17, 15) is 4.79 Å². The van der Waals surface area contributed by atoms with Crippen molar-refractivity contribution in [3.63, 3.8) is 0 Å². The summed E-state index contributed by atoms with van der Waals surface area (Å²) >= 11 is 0. The van der Waals surface area contributed by atoms with Crippen LogP contribution in [-0.2, 0) is 4.79 Å². The summed E-state index contributed by atoms with van der Waals surface area (Å²) in [6.45, 7) is 4.53. The molecule has 2 rings (SSSR count). The molecule has 0 saturated heterocycles. The first-order valence-corrected chi connectivity index (χ1v) is 7.83. The molecule has 0 unspecified atom stereocenters. The molecule has 2 aromatic carbocycles. The molecule has 1 amide bonds. The Hall–Kier alpha value is -2.33. The number of methoxy groups -OCH3 is 1. The maximum atomic E-state index is 12.2. The first kappa shape index (κ1) is 17.0. The lowest BCUT2D eigenvalue weighted by molar-refractivity contribution is -0.115. The lowest BCUT2D eigenvalue weighted by atomic mass is 9.96. The van der Waals surface area contributed by atoms with Gasteiger partial charge < -0.3 is 15.4 Å². The van der Waals surface area contributed by atoms with E-state index < -0.39 is 0 Å². The molecule has 0 bridgehead atoms. The second-order valence-electron chi connectivity index (χ2n) is 5.76. The van der Waals surface area contributed by atoms with Gasteiger partial charge in [-0.2, -0.15) is 0 Å². The van der Waals surface area contributed by atoms with Gasteiger partial charge >= 0.3 is 0 Å². The van der Waals surface area contributed by atoms with E-state index in [-0.39, 0.29) is 18.5 Å². The highest BCUT2D eigenvalue weighted by Gasteiger charge is 2.16. The van der Waals surface area contributed by atoms with Crippen LogP contribution in [0.3, 0.4) is 0 Å². The Morgan fingerprint density at radius 3 is 2.35 bits per heavy atom. The topological polar surface area (TPSA) is 50.4 Å². The summed E-state index contributed by atoms with van der Waals surface area (Å²) in [4.78, 5) is 12.2. The van der Waals surface area contributed by atoms with Gasteiger partial charge in [0.1, 0.15) is 5.75 Å². The van der Waals surface area contributed by atoms with E-state index in [0.29, 0.717) is 17.4 Å². The zero-order valence-electron chi connectivity index (χ0n) is 13.9. The molecule has 0 aliphatic rings. The molecule has 0 fully saturated rings. The third kappa shape index (κ3) is 4.83. The van der Waals surface area contributed by atoms with Crippen LogP contribution < -0.4 is 15.4 Å². The smallest absolute Gasteiger partial charge is 0.238 e. The lowest BCUT2D eigenvalue weighted by Gasteiger charge is -2.23. The Morgan fingerprint density at radius 1 is 1.04 bits per heavy atom. The van der Waals surface area contributed by atoms with Crippen LogP contribution >= 0.6 is 0 Å². The van der Waals surface area contributed by atoms with Gasteiger partial charge in [0.05, 0.1) is 19.3 Å². The lowest BCUT2D eigenvalue weighted by Crippen LogP contribution is -2.33. The van der Waals surface area contributed by atoms with E-state index in [1.807, 2.05) is 42.5 Å². The second kappa shape index (κ2) is 8.34. The molecule has 0 aliphatic carbocycles. The Labute approximate surface area is 137 Å². The first-order valence-electron chi connectivity index (χ1n) is 7.83. The molecular formula is C19H24N2O2. The molecule has 4 heteroatoms. The molecular weight excluding hydrogens is 288 g/mol. The minimum Gasteiger partial charge on any atom is -0.495 e. The summed E-state index contributed by atoms with van der Waals surface area (Å²) in [6.07, 6.45) is 0. The number of amides is 1. The molecule has 0 spiro atoms. The third-order valence-corrected chi connectivity index (χ3v) is 3.69. The number of nitrogens with one attached hydrogen (secondary N) is 2. The van der Waals surface area contributed by atoms with Crippen molar-refractivity contribution in [2.24, 2.45) is 5.92 Å². The minimum absolute atomic E-state index is 0.0870. The van der Waals surface area contributed by atoms with Crippen LogP contribution in [0.15, 0.2) is 54.6 Å². The standard InChI is InChI=1S/C19H24N2O2/c1-14(2)19(15-9-5-4-6-10-15)20-13-18(22)21-16-11-7-8-12-17(16)23-3/h4-12,14,19-20H,13H2,1-3H3,(H,21,22)/t19-/m0/s1. The van der Waals surface area contributed by atoms with Crippen molar-refractivity contribution < 1.29 is 9.53 Å². The highest BCUT2D eigenvalue weighted by atomic mass is 16.5. The van der Waals surface area contributed by atoms with Crippen LogP contribution in [0.2, 0.25) is 0 Å². The molecule has 23 heavy (non-hydrogen) atoms. The van der Waals surface area contributed by atoms with Crippen LogP contribution in [0.25, 0.3) is 0 Å². The normalized spacial score (nSPS) is 12.0. The molecule has 2 aromatic rings. The van der Waals surface area contributed by atoms with Gasteiger partial charge in [-0.15, -0.1) is 0 Å². The van der Waals surface area contributed by atoms with E-state index in [1.165, 1.54) is 5.56 Å². The molecule has 4 nitrogen and oxygen atoms in total. The van der Waals surface area contributed by atoms with Gasteiger partial charge in [0.25, 0.3) is 0 Å². The maximum absolute atomic E-state index is 12.2. The van der Waals surface area contributed by atoms with E-state index in [4.69, 9.17) is 4.74 Å². The highest BCUT2D eigenvalue weighted by Crippen LogP contribution is 2.23. The Kier molecular flexibility index (Phi) is 6.18. The van der Waals surface area contributed by atoms with Gasteiger partial charge in [-0.05, 0) is 23.6 Å². The van der Waals surface area contributed by atoms with Crippen LogP contribution in [0, 0.1) is 5.92 Å². The minimum atomic E-state index is -0.0870. The number of anilines is 1. The summed E-state index contributed by atoms with van der Waals surface area (Å²) in [7, 11) is 1.59. The van der Waals surface area contributed by atoms with Crippen LogP contribution in [-0.4, -0.2) is 19.6 Å². The van der Waals surface area contributed by atoms with Crippen molar-refractivity contribution in [3.8, 4) is 5.75 Å². The van der Waals surface area contributed by atoms with Gasteiger partial charge in [-0.25, -0.2) is 0 Å². The predicted molar refractivity (Wildman–Crippen MR) is 93.6 cm³/mol. The van der Waals surface area contributed by atoms with Crippen molar-refractivity contribution >= 4 is 11.6 Å². The maximum Gasteiger partial charge on any atom is 0.238 e. The Bertz CT molecular complexity index is 626. The molecule has 0 aliphatic heterocycles. The van der Waals surface area contributed by atoms with Gasteiger partial charge in [0.15, 0.2) is 0 Å². The molecule has 0 aromatic heterocycles. The first-order chi connectivity index (χ1) is 11.1. The van der Waals surface area contributed by atoms with E-state index >= 15 is 0 Å². The number of ether oxygens (including phenoxy) is 1. The largest absolute Gasteiger partial charge is 0.495 e. The predicted octanol–water partition coefficient (Wildman–Crippen LogP) is 3.62. The van der Waals surface area contributed by atoms with Gasteiger partial charge in [-0.3, -0.25) is 4.79 Å². The third-order valence-electron chi connectivity index (χ3n) is 3.69. The SMILES string of the molecule is COc1ccccc1NC(=O)CN[C@H](c1ccccc1)C(C)C. The quantitative estimate of drug-likeness (QED) is 0.821. The number of rotatable bonds is 7. The zero-order valence-corrected chi connectivity index (χ0v) is 13.9. The summed E-state index contributed by atoms with van der Waals surface area (Å²) in [6, 6.07) is 17.7. The zero-order chi connectivity index (χ0) is 16.7.